The molecule has 1 aromatic heterocycles. The number of fused-ring (bicyclic) bond motifs is 2. The van der Waals surface area contributed by atoms with E-state index < -0.39 is 18.0 Å². The molecule has 2 aliphatic rings. The Hall–Kier alpha value is -2.87. The summed E-state index contributed by atoms with van der Waals surface area (Å²) < 4.78 is 41.6. The number of halogens is 3. The van der Waals surface area contributed by atoms with Gasteiger partial charge in [0.2, 0.25) is 5.82 Å². The second-order valence-corrected chi connectivity index (χ2v) is 9.66. The van der Waals surface area contributed by atoms with Crippen LogP contribution in [0.5, 0.6) is 0 Å². The molecule has 8 heteroatoms. The number of carbonyl (C=O) groups is 1. The zero-order valence-corrected chi connectivity index (χ0v) is 19.5. The molecule has 1 N–H and O–H groups in total. The van der Waals surface area contributed by atoms with Crippen LogP contribution in [-0.4, -0.2) is 39.5 Å². The van der Waals surface area contributed by atoms with Gasteiger partial charge in [-0.1, -0.05) is 12.5 Å². The molecule has 1 aliphatic heterocycles. The molecule has 1 saturated carbocycles. The van der Waals surface area contributed by atoms with Gasteiger partial charge in [0.05, 0.1) is 11.0 Å². The Morgan fingerprint density at radius 2 is 1.79 bits per heavy atom. The van der Waals surface area contributed by atoms with E-state index in [0.717, 1.165) is 36.5 Å². The van der Waals surface area contributed by atoms with Crippen molar-refractivity contribution < 1.29 is 18.0 Å². The van der Waals surface area contributed by atoms with E-state index in [1.165, 1.54) is 36.5 Å². The first-order valence-electron chi connectivity index (χ1n) is 12.0. The van der Waals surface area contributed by atoms with Crippen LogP contribution in [0.2, 0.25) is 0 Å². The highest BCUT2D eigenvalue weighted by Crippen LogP contribution is 2.34. The number of alkyl halides is 3. The summed E-state index contributed by atoms with van der Waals surface area (Å²) in [4.78, 5) is 19.3. The first-order valence-corrected chi connectivity index (χ1v) is 12.0. The lowest BCUT2D eigenvalue weighted by Crippen LogP contribution is -2.41. The largest absolute Gasteiger partial charge is 0.449 e. The normalized spacial score (nSPS) is 17.5. The maximum absolute atomic E-state index is 13.5. The number of benzene rings is 2. The Bertz CT molecular complexity index is 1230. The highest BCUT2D eigenvalue weighted by Gasteiger charge is 2.38. The number of amides is 1. The van der Waals surface area contributed by atoms with Crippen molar-refractivity contribution in [2.45, 2.75) is 64.2 Å². The van der Waals surface area contributed by atoms with Crippen molar-refractivity contribution >= 4 is 22.6 Å². The molecule has 0 atom stereocenters. The molecule has 180 valence electrons. The third-order valence-electron chi connectivity index (χ3n) is 7.11. The molecule has 1 amide bonds. The maximum atomic E-state index is 13.5. The first-order chi connectivity index (χ1) is 16.2. The lowest BCUT2D eigenvalue weighted by Gasteiger charge is -2.36. The fourth-order valence-electron chi connectivity index (χ4n) is 5.10. The molecule has 34 heavy (non-hydrogen) atoms. The molecular formula is C26H29F3N4O. The molecular weight excluding hydrogens is 441 g/mol. The average molecular weight is 471 g/mol. The fraction of sp³-hybridized carbons (Fsp3) is 0.462. The highest BCUT2D eigenvalue weighted by molar-refractivity contribution is 6.06. The Morgan fingerprint density at radius 1 is 1.06 bits per heavy atom. The number of hydrogen-bond donors (Lipinski definition) is 1. The molecule has 0 saturated heterocycles. The summed E-state index contributed by atoms with van der Waals surface area (Å²) in [5, 5.41) is 2.91. The van der Waals surface area contributed by atoms with E-state index >= 15 is 0 Å². The monoisotopic (exact) mass is 470 g/mol. The van der Waals surface area contributed by atoms with Crippen molar-refractivity contribution in [2.75, 3.05) is 18.4 Å². The molecule has 5 nitrogen and oxygen atoms in total. The zero-order chi connectivity index (χ0) is 24.0. The number of anilines is 1. The maximum Gasteiger partial charge on any atom is 0.449 e. The average Bonchev–Trinajstić information content (AvgIpc) is 3.03. The van der Waals surface area contributed by atoms with Crippen LogP contribution in [-0.2, 0) is 19.0 Å². The Kier molecular flexibility index (Phi) is 5.88. The Balaban J connectivity index is 1.35. The summed E-state index contributed by atoms with van der Waals surface area (Å²) in [5.41, 5.74) is 4.07. The van der Waals surface area contributed by atoms with Gasteiger partial charge in [-0.2, -0.15) is 13.2 Å². The third-order valence-corrected chi connectivity index (χ3v) is 7.11. The van der Waals surface area contributed by atoms with Crippen LogP contribution in [0.4, 0.5) is 18.9 Å². The smallest absolute Gasteiger partial charge is 0.322 e. The van der Waals surface area contributed by atoms with E-state index in [1.807, 2.05) is 12.1 Å². The lowest BCUT2D eigenvalue weighted by atomic mass is 9.91. The van der Waals surface area contributed by atoms with Gasteiger partial charge in [0.25, 0.3) is 5.91 Å². The fourth-order valence-corrected chi connectivity index (χ4v) is 5.10. The van der Waals surface area contributed by atoms with Gasteiger partial charge in [0.15, 0.2) is 0 Å². The van der Waals surface area contributed by atoms with Crippen LogP contribution in [0, 0.1) is 0 Å². The number of imidazole rings is 1. The van der Waals surface area contributed by atoms with Crippen LogP contribution >= 0.6 is 0 Å². The van der Waals surface area contributed by atoms with E-state index in [2.05, 4.69) is 21.3 Å². The Morgan fingerprint density at radius 3 is 2.44 bits per heavy atom. The molecule has 5 rings (SSSR count). The van der Waals surface area contributed by atoms with Crippen molar-refractivity contribution in [1.82, 2.24) is 14.5 Å². The number of nitrogens with zero attached hydrogens (tertiary/aromatic N) is 3. The second kappa shape index (κ2) is 8.73. The first kappa shape index (κ1) is 22.9. The van der Waals surface area contributed by atoms with Gasteiger partial charge in [-0.15, -0.1) is 0 Å². The van der Waals surface area contributed by atoms with Crippen molar-refractivity contribution in [3.8, 4) is 0 Å². The van der Waals surface area contributed by atoms with E-state index in [-0.39, 0.29) is 17.0 Å². The Labute approximate surface area is 197 Å². The van der Waals surface area contributed by atoms with Gasteiger partial charge in [-0.25, -0.2) is 4.98 Å². The standard InChI is InChI=1S/C26H29F3N4O/c1-16(2)33-23-9-7-19(15-22(23)31-25(33)26(27,28)29)24(34)30-20-8-6-17-10-12-32(21-4-3-5-21)13-11-18(17)14-20/h6-9,14-16,21H,3-5,10-13H2,1-2H3,(H,30,34). The SMILES string of the molecule is CC(C)n1c(C(F)(F)F)nc2cc(C(=O)Nc3ccc4c(c3)CCN(C3CCC3)CC4)ccc21. The van der Waals surface area contributed by atoms with Crippen LogP contribution in [0.15, 0.2) is 36.4 Å². The molecule has 0 bridgehead atoms. The molecule has 1 fully saturated rings. The van der Waals surface area contributed by atoms with Gasteiger partial charge in [-0.3, -0.25) is 9.69 Å². The predicted octanol–water partition coefficient (Wildman–Crippen LogP) is 5.84. The number of aromatic nitrogens is 2. The van der Waals surface area contributed by atoms with E-state index in [0.29, 0.717) is 11.2 Å². The lowest BCUT2D eigenvalue weighted by molar-refractivity contribution is -0.147. The number of nitrogens with one attached hydrogen (secondary N) is 1. The van der Waals surface area contributed by atoms with Crippen molar-refractivity contribution in [1.29, 1.82) is 0 Å². The summed E-state index contributed by atoms with van der Waals surface area (Å²) >= 11 is 0. The molecule has 2 heterocycles. The number of hydrogen-bond acceptors (Lipinski definition) is 3. The summed E-state index contributed by atoms with van der Waals surface area (Å²) in [6.07, 6.45) is 1.31. The van der Waals surface area contributed by atoms with E-state index in [9.17, 15) is 18.0 Å². The minimum Gasteiger partial charge on any atom is -0.322 e. The summed E-state index contributed by atoms with van der Waals surface area (Å²) in [6, 6.07) is 10.9. The van der Waals surface area contributed by atoms with Crippen LogP contribution in [0.25, 0.3) is 11.0 Å². The number of carbonyl (C=O) groups excluding carboxylic acids is 1. The molecule has 1 aliphatic carbocycles. The highest BCUT2D eigenvalue weighted by atomic mass is 19.4. The van der Waals surface area contributed by atoms with Gasteiger partial charge < -0.3 is 9.88 Å². The third kappa shape index (κ3) is 4.31. The van der Waals surface area contributed by atoms with E-state index in [1.54, 1.807) is 26.0 Å². The van der Waals surface area contributed by atoms with Crippen molar-refractivity contribution in [3.05, 3.63) is 58.9 Å². The van der Waals surface area contributed by atoms with Gasteiger partial charge >= 0.3 is 6.18 Å². The minimum atomic E-state index is -4.57. The van der Waals surface area contributed by atoms with Gasteiger partial charge in [-0.05, 0) is 81.0 Å². The minimum absolute atomic E-state index is 0.159. The molecule has 0 radical (unpaired) electrons. The van der Waals surface area contributed by atoms with Gasteiger partial charge in [0.1, 0.15) is 0 Å². The van der Waals surface area contributed by atoms with Crippen molar-refractivity contribution in [2.24, 2.45) is 0 Å². The van der Waals surface area contributed by atoms with Crippen LogP contribution in [0.1, 0.15) is 66.5 Å². The summed E-state index contributed by atoms with van der Waals surface area (Å²) in [6.45, 7) is 5.47. The van der Waals surface area contributed by atoms with Crippen LogP contribution < -0.4 is 5.32 Å². The second-order valence-electron chi connectivity index (χ2n) is 9.66. The quantitative estimate of drug-likeness (QED) is 0.521. The number of rotatable bonds is 4. The van der Waals surface area contributed by atoms with Crippen LogP contribution in [0.3, 0.4) is 0 Å². The predicted molar refractivity (Wildman–Crippen MR) is 126 cm³/mol. The molecule has 0 unspecified atom stereocenters. The summed E-state index contributed by atoms with van der Waals surface area (Å²) in [5.74, 6) is -1.31. The molecule has 0 spiro atoms. The molecule has 3 aromatic rings. The van der Waals surface area contributed by atoms with Gasteiger partial charge in [0, 0.05) is 36.4 Å². The topological polar surface area (TPSA) is 50.2 Å². The van der Waals surface area contributed by atoms with Crippen molar-refractivity contribution in [3.63, 3.8) is 0 Å². The zero-order valence-electron chi connectivity index (χ0n) is 19.5. The molecule has 2 aromatic carbocycles. The van der Waals surface area contributed by atoms with E-state index in [4.69, 9.17) is 0 Å². The summed E-state index contributed by atoms with van der Waals surface area (Å²) in [7, 11) is 0.